The number of phenols is 1. The highest BCUT2D eigenvalue weighted by molar-refractivity contribution is 5.78. The van der Waals surface area contributed by atoms with Crippen LogP contribution in [0.1, 0.15) is 42.7 Å². The number of likely N-dealkylation sites (tertiary alicyclic amines) is 2. The molecule has 0 aliphatic carbocycles. The Morgan fingerprint density at radius 2 is 1.74 bits per heavy atom. The summed E-state index contributed by atoms with van der Waals surface area (Å²) in [7, 11) is 0. The van der Waals surface area contributed by atoms with Crippen molar-refractivity contribution in [2.75, 3.05) is 19.6 Å². The van der Waals surface area contributed by atoms with E-state index in [2.05, 4.69) is 40.1 Å². The molecule has 142 valence electrons. The van der Waals surface area contributed by atoms with Crippen LogP contribution in [0.2, 0.25) is 0 Å². The summed E-state index contributed by atoms with van der Waals surface area (Å²) in [5.41, 5.74) is 2.51. The fraction of sp³-hybridized carbons (Fsp3) is 0.435. The molecule has 0 spiro atoms. The van der Waals surface area contributed by atoms with Crippen molar-refractivity contribution < 1.29 is 9.90 Å². The first kappa shape index (κ1) is 18.1. The molecular formula is C23H28N2O2. The molecule has 2 unspecified atom stereocenters. The van der Waals surface area contributed by atoms with Crippen molar-refractivity contribution in [3.05, 3.63) is 65.7 Å². The molecule has 2 aromatic rings. The Kier molecular flexibility index (Phi) is 5.44. The van der Waals surface area contributed by atoms with E-state index in [4.69, 9.17) is 0 Å². The lowest BCUT2D eigenvalue weighted by atomic mass is 9.87. The Labute approximate surface area is 161 Å². The zero-order valence-electron chi connectivity index (χ0n) is 15.8. The SMILES string of the molecule is O=C1CC(c2ccc(O)cc2)CCN1C1CCCN(Cc2ccccc2)C1. The molecule has 0 radical (unpaired) electrons. The average molecular weight is 364 g/mol. The fourth-order valence-electron chi connectivity index (χ4n) is 4.54. The van der Waals surface area contributed by atoms with Crippen molar-refractivity contribution in [2.24, 2.45) is 0 Å². The van der Waals surface area contributed by atoms with Crippen molar-refractivity contribution in [1.29, 1.82) is 0 Å². The van der Waals surface area contributed by atoms with Gasteiger partial charge in [-0.05, 0) is 55.0 Å². The van der Waals surface area contributed by atoms with Crippen molar-refractivity contribution in [2.45, 2.75) is 44.2 Å². The number of rotatable bonds is 4. The van der Waals surface area contributed by atoms with Crippen molar-refractivity contribution in [3.63, 3.8) is 0 Å². The summed E-state index contributed by atoms with van der Waals surface area (Å²) >= 11 is 0. The van der Waals surface area contributed by atoms with Gasteiger partial charge in [0.05, 0.1) is 0 Å². The van der Waals surface area contributed by atoms with Crippen molar-refractivity contribution in [3.8, 4) is 5.75 Å². The minimum absolute atomic E-state index is 0.276. The van der Waals surface area contributed by atoms with Gasteiger partial charge in [0.25, 0.3) is 0 Å². The number of phenolic OH excluding ortho intramolecular Hbond substituents is 1. The molecule has 1 amide bonds. The molecule has 0 aromatic heterocycles. The third-order valence-electron chi connectivity index (χ3n) is 5.99. The Bertz CT molecular complexity index is 760. The second-order valence-corrected chi connectivity index (χ2v) is 7.89. The molecule has 2 fully saturated rings. The number of piperidine rings is 2. The second kappa shape index (κ2) is 8.13. The molecule has 4 nitrogen and oxygen atoms in total. The van der Waals surface area contributed by atoms with Gasteiger partial charge in [0.1, 0.15) is 5.75 Å². The summed E-state index contributed by atoms with van der Waals surface area (Å²) in [5.74, 6) is 0.840. The van der Waals surface area contributed by atoms with Crippen LogP contribution < -0.4 is 0 Å². The molecule has 4 heteroatoms. The molecule has 0 bridgehead atoms. The van der Waals surface area contributed by atoms with Gasteiger partial charge in [-0.1, -0.05) is 42.5 Å². The highest BCUT2D eigenvalue weighted by atomic mass is 16.3. The third kappa shape index (κ3) is 4.33. The molecule has 4 rings (SSSR count). The van der Waals surface area contributed by atoms with E-state index in [1.165, 1.54) is 5.56 Å². The largest absolute Gasteiger partial charge is 0.508 e. The van der Waals surface area contributed by atoms with Gasteiger partial charge in [0.15, 0.2) is 0 Å². The van der Waals surface area contributed by atoms with Crippen molar-refractivity contribution >= 4 is 5.91 Å². The van der Waals surface area contributed by atoms with E-state index in [9.17, 15) is 9.90 Å². The average Bonchev–Trinajstić information content (AvgIpc) is 2.69. The number of amides is 1. The van der Waals surface area contributed by atoms with E-state index >= 15 is 0 Å². The number of benzene rings is 2. The minimum atomic E-state index is 0.276. The van der Waals surface area contributed by atoms with Crippen LogP contribution >= 0.6 is 0 Å². The molecular weight excluding hydrogens is 336 g/mol. The van der Waals surface area contributed by atoms with Gasteiger partial charge < -0.3 is 10.0 Å². The van der Waals surface area contributed by atoms with E-state index in [1.54, 1.807) is 12.1 Å². The number of hydrogen-bond donors (Lipinski definition) is 1. The van der Waals surface area contributed by atoms with Gasteiger partial charge in [-0.2, -0.15) is 0 Å². The monoisotopic (exact) mass is 364 g/mol. The van der Waals surface area contributed by atoms with Gasteiger partial charge in [0, 0.05) is 32.1 Å². The number of carbonyl (C=O) groups excluding carboxylic acids is 1. The lowest BCUT2D eigenvalue weighted by Gasteiger charge is -2.42. The normalized spacial score (nSPS) is 24.1. The zero-order valence-corrected chi connectivity index (χ0v) is 15.8. The van der Waals surface area contributed by atoms with E-state index in [1.807, 2.05) is 12.1 Å². The van der Waals surface area contributed by atoms with E-state index in [0.29, 0.717) is 12.5 Å². The van der Waals surface area contributed by atoms with Crippen molar-refractivity contribution in [1.82, 2.24) is 9.80 Å². The number of nitrogens with zero attached hydrogens (tertiary/aromatic N) is 2. The lowest BCUT2D eigenvalue weighted by Crippen LogP contribution is -2.52. The predicted molar refractivity (Wildman–Crippen MR) is 107 cm³/mol. The lowest BCUT2D eigenvalue weighted by molar-refractivity contribution is -0.137. The highest BCUT2D eigenvalue weighted by Gasteiger charge is 2.33. The number of aromatic hydroxyl groups is 1. The molecule has 2 atom stereocenters. The smallest absolute Gasteiger partial charge is 0.223 e. The van der Waals surface area contributed by atoms with Crippen LogP contribution in [-0.4, -0.2) is 46.5 Å². The summed E-state index contributed by atoms with van der Waals surface area (Å²) in [6, 6.07) is 18.3. The molecule has 0 saturated carbocycles. The minimum Gasteiger partial charge on any atom is -0.508 e. The summed E-state index contributed by atoms with van der Waals surface area (Å²) in [6.45, 7) is 3.90. The van der Waals surface area contributed by atoms with Gasteiger partial charge in [-0.25, -0.2) is 0 Å². The molecule has 27 heavy (non-hydrogen) atoms. The molecule has 2 aromatic carbocycles. The van der Waals surface area contributed by atoms with E-state index in [-0.39, 0.29) is 17.6 Å². The van der Waals surface area contributed by atoms with Crippen LogP contribution in [0.4, 0.5) is 0 Å². The van der Waals surface area contributed by atoms with Gasteiger partial charge in [0.2, 0.25) is 5.91 Å². The van der Waals surface area contributed by atoms with Crippen LogP contribution in [0.3, 0.4) is 0 Å². The van der Waals surface area contributed by atoms with Crippen LogP contribution in [0.15, 0.2) is 54.6 Å². The Morgan fingerprint density at radius 1 is 0.963 bits per heavy atom. The first-order valence-electron chi connectivity index (χ1n) is 10.0. The summed E-state index contributed by atoms with van der Waals surface area (Å²) in [6.07, 6.45) is 3.86. The van der Waals surface area contributed by atoms with Gasteiger partial charge in [-0.3, -0.25) is 9.69 Å². The van der Waals surface area contributed by atoms with Crippen LogP contribution in [0, 0.1) is 0 Å². The molecule has 2 aliphatic rings. The van der Waals surface area contributed by atoms with Gasteiger partial charge >= 0.3 is 0 Å². The Balaban J connectivity index is 1.36. The third-order valence-corrected chi connectivity index (χ3v) is 5.99. The molecule has 2 aliphatic heterocycles. The standard InChI is InChI=1S/C23H28N2O2/c26-22-10-8-19(9-11-22)20-12-14-25(23(27)15-20)21-7-4-13-24(17-21)16-18-5-2-1-3-6-18/h1-3,5-6,8-11,20-21,26H,4,7,12-17H2. The Morgan fingerprint density at radius 3 is 2.48 bits per heavy atom. The predicted octanol–water partition coefficient (Wildman–Crippen LogP) is 3.76. The second-order valence-electron chi connectivity index (χ2n) is 7.89. The van der Waals surface area contributed by atoms with Gasteiger partial charge in [-0.15, -0.1) is 0 Å². The zero-order chi connectivity index (χ0) is 18.6. The first-order chi connectivity index (χ1) is 13.2. The molecule has 2 heterocycles. The number of hydrogen-bond acceptors (Lipinski definition) is 3. The Hall–Kier alpha value is -2.33. The van der Waals surface area contributed by atoms with Crippen LogP contribution in [0.25, 0.3) is 0 Å². The molecule has 2 saturated heterocycles. The summed E-state index contributed by atoms with van der Waals surface area (Å²) in [4.78, 5) is 17.5. The molecule has 1 N–H and O–H groups in total. The number of carbonyl (C=O) groups is 1. The summed E-state index contributed by atoms with van der Waals surface area (Å²) in [5, 5.41) is 9.47. The van der Waals surface area contributed by atoms with Crippen LogP contribution in [-0.2, 0) is 11.3 Å². The fourth-order valence-corrected chi connectivity index (χ4v) is 4.54. The first-order valence-corrected chi connectivity index (χ1v) is 10.0. The maximum absolute atomic E-state index is 12.9. The van der Waals surface area contributed by atoms with E-state index < -0.39 is 0 Å². The van der Waals surface area contributed by atoms with E-state index in [0.717, 1.165) is 51.0 Å². The maximum atomic E-state index is 12.9. The maximum Gasteiger partial charge on any atom is 0.223 e. The summed E-state index contributed by atoms with van der Waals surface area (Å²) < 4.78 is 0. The quantitative estimate of drug-likeness (QED) is 0.898. The topological polar surface area (TPSA) is 43.8 Å². The van der Waals surface area contributed by atoms with Crippen LogP contribution in [0.5, 0.6) is 5.75 Å². The highest BCUT2D eigenvalue weighted by Crippen LogP contribution is 2.32.